The van der Waals surface area contributed by atoms with Crippen LogP contribution in [0, 0.1) is 0 Å². The molecule has 5 nitrogen and oxygen atoms in total. The van der Waals surface area contributed by atoms with Gasteiger partial charge in [-0.2, -0.15) is 0 Å². The minimum Gasteiger partial charge on any atom is -0.482 e. The lowest BCUT2D eigenvalue weighted by Gasteiger charge is -2.29. The normalized spacial score (nSPS) is 13.5. The van der Waals surface area contributed by atoms with Crippen molar-refractivity contribution in [3.8, 4) is 5.75 Å². The van der Waals surface area contributed by atoms with Crippen LogP contribution < -0.4 is 9.64 Å². The molecule has 0 saturated carbocycles. The van der Waals surface area contributed by atoms with Crippen LogP contribution in [-0.4, -0.2) is 23.6 Å². The van der Waals surface area contributed by atoms with E-state index in [0.29, 0.717) is 23.0 Å². The molecule has 2 aromatic carbocycles. The van der Waals surface area contributed by atoms with E-state index in [-0.39, 0.29) is 18.1 Å². The van der Waals surface area contributed by atoms with Gasteiger partial charge in [0.1, 0.15) is 5.75 Å². The summed E-state index contributed by atoms with van der Waals surface area (Å²) >= 11 is 5.99. The smallest absolute Gasteiger partial charge is 0.335 e. The number of aromatic carboxylic acids is 1. The molecule has 2 aromatic rings. The highest BCUT2D eigenvalue weighted by molar-refractivity contribution is 6.31. The molecule has 3 rings (SSSR count). The number of carbonyl (C=O) groups excluding carboxylic acids is 1. The molecule has 1 aliphatic rings. The molecule has 1 amide bonds. The van der Waals surface area contributed by atoms with Crippen LogP contribution in [0.1, 0.15) is 15.9 Å². The Bertz CT molecular complexity index is 742. The second-order valence-electron chi connectivity index (χ2n) is 4.88. The summed E-state index contributed by atoms with van der Waals surface area (Å²) in [5.74, 6) is -0.547. The van der Waals surface area contributed by atoms with Crippen LogP contribution >= 0.6 is 11.6 Å². The lowest BCUT2D eigenvalue weighted by Crippen LogP contribution is -2.38. The van der Waals surface area contributed by atoms with E-state index in [1.54, 1.807) is 35.2 Å². The number of rotatable bonds is 3. The minimum atomic E-state index is -0.980. The Morgan fingerprint density at radius 2 is 1.95 bits per heavy atom. The molecule has 0 radical (unpaired) electrons. The Morgan fingerprint density at radius 3 is 2.64 bits per heavy atom. The van der Waals surface area contributed by atoms with Crippen molar-refractivity contribution in [3.05, 3.63) is 58.6 Å². The second-order valence-corrected chi connectivity index (χ2v) is 5.32. The molecule has 0 saturated heterocycles. The third-order valence-corrected chi connectivity index (χ3v) is 3.64. The first-order chi connectivity index (χ1) is 10.5. The first-order valence-corrected chi connectivity index (χ1v) is 6.97. The lowest BCUT2D eigenvalue weighted by atomic mass is 10.1. The molecule has 0 aromatic heterocycles. The molecule has 1 aliphatic heterocycles. The van der Waals surface area contributed by atoms with E-state index in [2.05, 4.69) is 0 Å². The molecule has 0 fully saturated rings. The van der Waals surface area contributed by atoms with E-state index in [9.17, 15) is 9.59 Å². The summed E-state index contributed by atoms with van der Waals surface area (Å²) < 4.78 is 5.38. The van der Waals surface area contributed by atoms with Crippen molar-refractivity contribution in [1.29, 1.82) is 0 Å². The summed E-state index contributed by atoms with van der Waals surface area (Å²) in [6.45, 7) is 0.303. The maximum Gasteiger partial charge on any atom is 0.335 e. The molecule has 112 valence electrons. The predicted octanol–water partition coefficient (Wildman–Crippen LogP) is 2.96. The van der Waals surface area contributed by atoms with Crippen molar-refractivity contribution in [2.75, 3.05) is 11.5 Å². The second kappa shape index (κ2) is 5.69. The first kappa shape index (κ1) is 14.4. The van der Waals surface area contributed by atoms with Crippen molar-refractivity contribution in [1.82, 2.24) is 0 Å². The molecule has 0 unspecified atom stereocenters. The Labute approximate surface area is 131 Å². The van der Waals surface area contributed by atoms with Crippen LogP contribution in [0.3, 0.4) is 0 Å². The molecule has 0 bridgehead atoms. The van der Waals surface area contributed by atoms with Crippen LogP contribution in [0.15, 0.2) is 42.5 Å². The van der Waals surface area contributed by atoms with Gasteiger partial charge in [-0.3, -0.25) is 4.79 Å². The number of carboxylic acids is 1. The summed E-state index contributed by atoms with van der Waals surface area (Å²) in [5.41, 5.74) is 1.65. The lowest BCUT2D eigenvalue weighted by molar-refractivity contribution is -0.121. The fourth-order valence-corrected chi connectivity index (χ4v) is 2.45. The van der Waals surface area contributed by atoms with Crippen molar-refractivity contribution in [3.63, 3.8) is 0 Å². The highest BCUT2D eigenvalue weighted by atomic mass is 35.5. The maximum atomic E-state index is 12.1. The zero-order chi connectivity index (χ0) is 15.7. The molecule has 0 aliphatic carbocycles. The highest BCUT2D eigenvalue weighted by Gasteiger charge is 2.25. The Hall–Kier alpha value is -2.53. The molecule has 1 N–H and O–H groups in total. The number of hydrogen-bond acceptors (Lipinski definition) is 3. The summed E-state index contributed by atoms with van der Waals surface area (Å²) in [4.78, 5) is 24.6. The molecule has 0 atom stereocenters. The quantitative estimate of drug-likeness (QED) is 0.945. The molecule has 6 heteroatoms. The van der Waals surface area contributed by atoms with E-state index in [4.69, 9.17) is 21.4 Å². The topological polar surface area (TPSA) is 66.8 Å². The van der Waals surface area contributed by atoms with Crippen LogP contribution in [0.2, 0.25) is 5.02 Å². The number of amides is 1. The van der Waals surface area contributed by atoms with Gasteiger partial charge in [-0.1, -0.05) is 23.7 Å². The number of nitrogens with zero attached hydrogens (tertiary/aromatic N) is 1. The molecule has 1 heterocycles. The van der Waals surface area contributed by atoms with Gasteiger partial charge < -0.3 is 14.7 Å². The zero-order valence-electron chi connectivity index (χ0n) is 11.5. The Morgan fingerprint density at radius 1 is 1.23 bits per heavy atom. The van der Waals surface area contributed by atoms with Gasteiger partial charge in [0.2, 0.25) is 0 Å². The predicted molar refractivity (Wildman–Crippen MR) is 81.5 cm³/mol. The minimum absolute atomic E-state index is 0.0260. The average molecular weight is 318 g/mol. The average Bonchev–Trinajstić information content (AvgIpc) is 2.51. The fourth-order valence-electron chi connectivity index (χ4n) is 2.28. The maximum absolute atomic E-state index is 12.1. The molecular weight excluding hydrogens is 306 g/mol. The van der Waals surface area contributed by atoms with Gasteiger partial charge in [-0.05, 0) is 35.9 Å². The number of carboxylic acid groups (broad SMARTS) is 1. The van der Waals surface area contributed by atoms with Gasteiger partial charge >= 0.3 is 5.97 Å². The number of fused-ring (bicyclic) bond motifs is 1. The van der Waals surface area contributed by atoms with Crippen LogP contribution in [0.25, 0.3) is 0 Å². The summed E-state index contributed by atoms with van der Waals surface area (Å²) in [5, 5.41) is 9.42. The number of carbonyl (C=O) groups is 2. The van der Waals surface area contributed by atoms with Crippen LogP contribution in [-0.2, 0) is 11.3 Å². The van der Waals surface area contributed by atoms with Crippen LogP contribution in [0.4, 0.5) is 5.69 Å². The molecular formula is C16H12ClNO4. The SMILES string of the molecule is O=C(O)c1ccc(CN2C(=O)COc3ccc(Cl)cc32)cc1. The van der Waals surface area contributed by atoms with Gasteiger partial charge in [-0.25, -0.2) is 4.79 Å². The molecule has 22 heavy (non-hydrogen) atoms. The van der Waals surface area contributed by atoms with Gasteiger partial charge in [-0.15, -0.1) is 0 Å². The standard InChI is InChI=1S/C16H12ClNO4/c17-12-5-6-14-13(7-12)18(15(19)9-22-14)8-10-1-3-11(4-2-10)16(20)21/h1-7H,8-9H2,(H,20,21). The third-order valence-electron chi connectivity index (χ3n) is 3.41. The molecule has 0 spiro atoms. The summed E-state index contributed by atoms with van der Waals surface area (Å²) in [6, 6.07) is 11.5. The van der Waals surface area contributed by atoms with E-state index < -0.39 is 5.97 Å². The number of ether oxygens (including phenoxy) is 1. The van der Waals surface area contributed by atoms with E-state index in [1.807, 2.05) is 0 Å². The van der Waals surface area contributed by atoms with E-state index in [0.717, 1.165) is 5.56 Å². The number of halogens is 1. The summed E-state index contributed by atoms with van der Waals surface area (Å²) in [7, 11) is 0. The van der Waals surface area contributed by atoms with E-state index >= 15 is 0 Å². The van der Waals surface area contributed by atoms with Gasteiger partial charge in [0.25, 0.3) is 5.91 Å². The Balaban J connectivity index is 1.90. The van der Waals surface area contributed by atoms with Crippen molar-refractivity contribution < 1.29 is 19.4 Å². The van der Waals surface area contributed by atoms with Crippen molar-refractivity contribution >= 4 is 29.2 Å². The largest absolute Gasteiger partial charge is 0.482 e. The third kappa shape index (κ3) is 2.76. The van der Waals surface area contributed by atoms with Crippen molar-refractivity contribution in [2.45, 2.75) is 6.54 Å². The number of anilines is 1. The van der Waals surface area contributed by atoms with Gasteiger partial charge in [0.15, 0.2) is 6.61 Å². The highest BCUT2D eigenvalue weighted by Crippen LogP contribution is 2.35. The van der Waals surface area contributed by atoms with Gasteiger partial charge in [0.05, 0.1) is 17.8 Å². The van der Waals surface area contributed by atoms with Crippen LogP contribution in [0.5, 0.6) is 5.75 Å². The van der Waals surface area contributed by atoms with E-state index in [1.165, 1.54) is 12.1 Å². The number of benzene rings is 2. The monoisotopic (exact) mass is 317 g/mol. The van der Waals surface area contributed by atoms with Gasteiger partial charge in [0, 0.05) is 5.02 Å². The number of hydrogen-bond donors (Lipinski definition) is 1. The fraction of sp³-hybridized carbons (Fsp3) is 0.125. The van der Waals surface area contributed by atoms with Crippen molar-refractivity contribution in [2.24, 2.45) is 0 Å². The Kier molecular flexibility index (Phi) is 3.73. The zero-order valence-corrected chi connectivity index (χ0v) is 12.2. The summed E-state index contributed by atoms with van der Waals surface area (Å²) in [6.07, 6.45) is 0. The first-order valence-electron chi connectivity index (χ1n) is 6.59.